The molecule has 0 saturated carbocycles. The minimum Gasteiger partial charge on any atom is -0.366 e. The van der Waals surface area contributed by atoms with Gasteiger partial charge in [0.25, 0.3) is 6.43 Å². The zero-order chi connectivity index (χ0) is 18.9. The van der Waals surface area contributed by atoms with E-state index in [2.05, 4.69) is 20.6 Å². The average molecular weight is 388 g/mol. The summed E-state index contributed by atoms with van der Waals surface area (Å²) < 4.78 is 53.0. The molecule has 2 aromatic heterocycles. The van der Waals surface area contributed by atoms with Gasteiger partial charge in [0, 0.05) is 19.1 Å². The maximum atomic E-state index is 12.9. The van der Waals surface area contributed by atoms with Crippen LogP contribution in [0.4, 0.5) is 14.6 Å². The fraction of sp³-hybridized carbons (Fsp3) is 0.667. The first-order valence-corrected chi connectivity index (χ1v) is 10.1. The van der Waals surface area contributed by atoms with Crippen molar-refractivity contribution < 1.29 is 17.2 Å². The Balaban J connectivity index is 1.64. The van der Waals surface area contributed by atoms with Gasteiger partial charge in [0.1, 0.15) is 5.82 Å². The smallest absolute Gasteiger partial charge is 0.299 e. The molecule has 0 radical (unpaired) electrons. The first-order chi connectivity index (χ1) is 12.3. The van der Waals surface area contributed by atoms with Crippen molar-refractivity contribution in [3.8, 4) is 0 Å². The highest BCUT2D eigenvalue weighted by Gasteiger charge is 2.28. The summed E-state index contributed by atoms with van der Waals surface area (Å²) in [7, 11) is -3.23. The number of nitrogens with one attached hydrogen (secondary N) is 1. The van der Waals surface area contributed by atoms with Crippen molar-refractivity contribution in [2.75, 3.05) is 24.2 Å². The molecule has 2 aromatic rings. The van der Waals surface area contributed by atoms with Crippen LogP contribution in [0.3, 0.4) is 0 Å². The van der Waals surface area contributed by atoms with Crippen LogP contribution in [0.2, 0.25) is 0 Å². The summed E-state index contributed by atoms with van der Waals surface area (Å²) in [4.78, 5) is 0. The molecule has 1 fully saturated rings. The van der Waals surface area contributed by atoms with Crippen LogP contribution in [-0.2, 0) is 10.0 Å². The van der Waals surface area contributed by atoms with E-state index in [4.69, 9.17) is 0 Å². The summed E-state index contributed by atoms with van der Waals surface area (Å²) in [6.45, 7) is 4.63. The third kappa shape index (κ3) is 4.09. The highest BCUT2D eigenvalue weighted by molar-refractivity contribution is 7.89. The first kappa shape index (κ1) is 18.9. The molecule has 1 aliphatic rings. The molecular weight excluding hydrogens is 366 g/mol. The fourth-order valence-corrected chi connectivity index (χ4v) is 4.85. The number of hydrogen-bond donors (Lipinski definition) is 1. The molecule has 8 nitrogen and oxygen atoms in total. The van der Waals surface area contributed by atoms with Crippen LogP contribution >= 0.6 is 0 Å². The Hall–Kier alpha value is -1.88. The third-order valence-electron chi connectivity index (χ3n) is 4.23. The molecule has 0 unspecified atom stereocenters. The van der Waals surface area contributed by atoms with Crippen LogP contribution in [0, 0.1) is 5.92 Å². The van der Waals surface area contributed by atoms with Gasteiger partial charge in [-0.2, -0.15) is 4.52 Å². The Morgan fingerprint density at radius 1 is 1.23 bits per heavy atom. The van der Waals surface area contributed by atoms with Gasteiger partial charge in [0.2, 0.25) is 15.8 Å². The van der Waals surface area contributed by atoms with Gasteiger partial charge in [0.05, 0.1) is 5.75 Å². The zero-order valence-corrected chi connectivity index (χ0v) is 15.5. The predicted molar refractivity (Wildman–Crippen MR) is 92.6 cm³/mol. The van der Waals surface area contributed by atoms with Crippen molar-refractivity contribution in [2.24, 2.45) is 5.92 Å². The van der Waals surface area contributed by atoms with E-state index in [1.54, 1.807) is 12.1 Å². The van der Waals surface area contributed by atoms with Crippen LogP contribution in [0.15, 0.2) is 12.1 Å². The summed E-state index contributed by atoms with van der Waals surface area (Å²) in [5.74, 6) is 0.161. The number of hydrogen-bond acceptors (Lipinski definition) is 6. The van der Waals surface area contributed by atoms with Gasteiger partial charge in [0.15, 0.2) is 5.65 Å². The molecule has 3 rings (SSSR count). The van der Waals surface area contributed by atoms with Gasteiger partial charge in [-0.1, -0.05) is 13.8 Å². The molecule has 144 valence electrons. The standard InChI is InChI=1S/C15H22F2N6O2S/c1-10(2)9-26(24,25)22-7-5-11(6-8-22)18-12-3-4-13-19-20-15(14(16)17)23(13)21-12/h3-4,10-11,14H,5-9H2,1-2H3,(H,18,21). The monoisotopic (exact) mass is 388 g/mol. The van der Waals surface area contributed by atoms with Gasteiger partial charge in [-0.25, -0.2) is 21.5 Å². The predicted octanol–water partition coefficient (Wildman–Crippen LogP) is 1.92. The maximum absolute atomic E-state index is 12.9. The van der Waals surface area contributed by atoms with E-state index in [9.17, 15) is 17.2 Å². The first-order valence-electron chi connectivity index (χ1n) is 8.51. The van der Waals surface area contributed by atoms with Crippen molar-refractivity contribution in [3.63, 3.8) is 0 Å². The summed E-state index contributed by atoms with van der Waals surface area (Å²) in [5.41, 5.74) is 0.250. The molecule has 0 atom stereocenters. The number of sulfonamides is 1. The Bertz CT molecular complexity index is 862. The van der Waals surface area contributed by atoms with Gasteiger partial charge >= 0.3 is 0 Å². The number of aromatic nitrogens is 4. The van der Waals surface area contributed by atoms with Crippen LogP contribution < -0.4 is 5.32 Å². The summed E-state index contributed by atoms with van der Waals surface area (Å²) in [6.07, 6.45) is -1.51. The minimum atomic E-state index is -3.23. The Morgan fingerprint density at radius 3 is 2.54 bits per heavy atom. The molecule has 1 aliphatic heterocycles. The normalized spacial score (nSPS) is 17.5. The number of nitrogens with zero attached hydrogens (tertiary/aromatic N) is 5. The van der Waals surface area contributed by atoms with Crippen LogP contribution in [0.25, 0.3) is 5.65 Å². The lowest BCUT2D eigenvalue weighted by molar-refractivity contribution is 0.137. The molecule has 11 heteroatoms. The third-order valence-corrected chi connectivity index (χ3v) is 6.47. The second-order valence-corrected chi connectivity index (χ2v) is 8.85. The molecule has 0 bridgehead atoms. The fourth-order valence-electron chi connectivity index (χ4n) is 3.03. The molecule has 26 heavy (non-hydrogen) atoms. The number of rotatable bonds is 6. The van der Waals surface area contributed by atoms with E-state index in [0.717, 1.165) is 4.52 Å². The quantitative estimate of drug-likeness (QED) is 0.813. The summed E-state index contributed by atoms with van der Waals surface area (Å²) in [5, 5.41) is 14.4. The van der Waals surface area contributed by atoms with Crippen LogP contribution in [-0.4, -0.2) is 57.4 Å². The molecule has 0 amide bonds. The largest absolute Gasteiger partial charge is 0.366 e. The number of anilines is 1. The topological polar surface area (TPSA) is 92.5 Å². The molecule has 3 heterocycles. The van der Waals surface area contributed by atoms with E-state index in [-0.39, 0.29) is 23.4 Å². The zero-order valence-electron chi connectivity index (χ0n) is 14.6. The Morgan fingerprint density at radius 2 is 1.92 bits per heavy atom. The Kier molecular flexibility index (Phi) is 5.37. The summed E-state index contributed by atoms with van der Waals surface area (Å²) in [6, 6.07) is 3.24. The number of alkyl halides is 2. The number of fused-ring (bicyclic) bond motifs is 1. The lowest BCUT2D eigenvalue weighted by Gasteiger charge is -2.32. The molecular formula is C15H22F2N6O2S. The highest BCUT2D eigenvalue weighted by Crippen LogP contribution is 2.21. The average Bonchev–Trinajstić information content (AvgIpc) is 2.97. The SMILES string of the molecule is CC(C)CS(=O)(=O)N1CCC(Nc2ccc3nnc(C(F)F)n3n2)CC1. The minimum absolute atomic E-state index is 0.0249. The second-order valence-electron chi connectivity index (χ2n) is 6.84. The van der Waals surface area contributed by atoms with E-state index in [1.165, 1.54) is 4.31 Å². The van der Waals surface area contributed by atoms with Crippen molar-refractivity contribution >= 4 is 21.5 Å². The molecule has 0 spiro atoms. The van der Waals surface area contributed by atoms with Crippen LogP contribution in [0.1, 0.15) is 38.9 Å². The van der Waals surface area contributed by atoms with Crippen molar-refractivity contribution in [1.29, 1.82) is 0 Å². The molecule has 0 aliphatic carbocycles. The Labute approximate surface area is 150 Å². The van der Waals surface area contributed by atoms with Gasteiger partial charge < -0.3 is 5.32 Å². The van der Waals surface area contributed by atoms with Crippen molar-refractivity contribution in [2.45, 2.75) is 39.2 Å². The number of halogens is 2. The molecule has 0 aromatic carbocycles. The van der Waals surface area contributed by atoms with E-state index in [0.29, 0.717) is 31.7 Å². The van der Waals surface area contributed by atoms with Crippen LogP contribution in [0.5, 0.6) is 0 Å². The highest BCUT2D eigenvalue weighted by atomic mass is 32.2. The van der Waals surface area contributed by atoms with Gasteiger partial charge in [-0.3, -0.25) is 0 Å². The van der Waals surface area contributed by atoms with Gasteiger partial charge in [-0.15, -0.1) is 15.3 Å². The lowest BCUT2D eigenvalue weighted by Crippen LogP contribution is -2.43. The van der Waals surface area contributed by atoms with E-state index in [1.807, 2.05) is 13.8 Å². The number of piperidine rings is 1. The summed E-state index contributed by atoms with van der Waals surface area (Å²) >= 11 is 0. The van der Waals surface area contributed by atoms with Crippen molar-refractivity contribution in [1.82, 2.24) is 24.1 Å². The maximum Gasteiger partial charge on any atom is 0.299 e. The van der Waals surface area contributed by atoms with E-state index >= 15 is 0 Å². The molecule has 1 N–H and O–H groups in total. The lowest BCUT2D eigenvalue weighted by atomic mass is 10.1. The van der Waals surface area contributed by atoms with Gasteiger partial charge in [-0.05, 0) is 30.9 Å². The second kappa shape index (κ2) is 7.39. The van der Waals surface area contributed by atoms with E-state index < -0.39 is 22.3 Å². The molecule has 1 saturated heterocycles. The van der Waals surface area contributed by atoms with Crippen molar-refractivity contribution in [3.05, 3.63) is 18.0 Å².